The van der Waals surface area contributed by atoms with Gasteiger partial charge in [-0.2, -0.15) is 0 Å². The number of likely N-dealkylation sites (tertiary alicyclic amines) is 1. The summed E-state index contributed by atoms with van der Waals surface area (Å²) in [5.74, 6) is -3.22. The van der Waals surface area contributed by atoms with Gasteiger partial charge in [0, 0.05) is 6.54 Å². The lowest BCUT2D eigenvalue weighted by molar-refractivity contribution is -0.151. The molecule has 0 bridgehead atoms. The predicted molar refractivity (Wildman–Crippen MR) is 145 cm³/mol. The Kier molecular flexibility index (Phi) is 11.5. The van der Waals surface area contributed by atoms with Crippen LogP contribution in [0.15, 0.2) is 30.3 Å². The number of amides is 3. The first-order valence-electron chi connectivity index (χ1n) is 13.5. The summed E-state index contributed by atoms with van der Waals surface area (Å²) in [5, 5.41) is 5.24. The maximum atomic E-state index is 13.3. The van der Waals surface area contributed by atoms with Crippen LogP contribution in [0.3, 0.4) is 0 Å². The van der Waals surface area contributed by atoms with E-state index in [1.807, 2.05) is 44.2 Å². The molecule has 0 spiro atoms. The van der Waals surface area contributed by atoms with Gasteiger partial charge in [0.1, 0.15) is 30.3 Å². The number of ether oxygens (including phenoxy) is 2. The van der Waals surface area contributed by atoms with Gasteiger partial charge in [-0.15, -0.1) is 0 Å². The molecular weight excluding hydrogens is 502 g/mol. The first-order chi connectivity index (χ1) is 18.2. The van der Waals surface area contributed by atoms with Crippen LogP contribution in [-0.2, 0) is 35.3 Å². The maximum absolute atomic E-state index is 13.3. The fourth-order valence-corrected chi connectivity index (χ4v) is 4.23. The molecule has 1 aromatic rings. The van der Waals surface area contributed by atoms with Gasteiger partial charge in [-0.05, 0) is 57.4 Å². The minimum Gasteiger partial charge on any atom is -0.459 e. The van der Waals surface area contributed by atoms with E-state index in [9.17, 15) is 24.0 Å². The van der Waals surface area contributed by atoms with E-state index >= 15 is 0 Å². The molecule has 0 saturated carbocycles. The lowest BCUT2D eigenvalue weighted by atomic mass is 10.00. The van der Waals surface area contributed by atoms with Gasteiger partial charge in [0.25, 0.3) is 5.91 Å². The summed E-state index contributed by atoms with van der Waals surface area (Å²) in [6.07, 6.45) is 0.473. The number of Topliss-reactive ketones (excluding diaryl/α,β-unsaturated/α-hetero) is 1. The standard InChI is InChI=1S/C29H43N3O7/c1-18(2)16-21(25(34)31-23(19(3)4)27(36)38-17-20-12-9-8-10-13-20)30-26(35)24(33)22-14-11-15-32(22)28(37)39-29(5,6)7/h8-10,12-13,18-19,21-23H,11,14-17H2,1-7H3,(H,30,35)(H,31,34)/t21-,22?,23?/m1/s1. The van der Waals surface area contributed by atoms with Crippen molar-refractivity contribution in [3.63, 3.8) is 0 Å². The molecule has 1 heterocycles. The molecule has 3 atom stereocenters. The molecule has 2 rings (SSSR count). The van der Waals surface area contributed by atoms with Crippen LogP contribution in [0.25, 0.3) is 0 Å². The molecule has 1 aliphatic rings. The highest BCUT2D eigenvalue weighted by Crippen LogP contribution is 2.22. The fraction of sp³-hybridized carbons (Fsp3) is 0.621. The molecule has 216 valence electrons. The average Bonchev–Trinajstić information content (AvgIpc) is 3.34. The summed E-state index contributed by atoms with van der Waals surface area (Å²) < 4.78 is 10.8. The van der Waals surface area contributed by atoms with E-state index in [0.717, 1.165) is 5.56 Å². The summed E-state index contributed by atoms with van der Waals surface area (Å²) in [5.41, 5.74) is 0.0704. The highest BCUT2D eigenvalue weighted by Gasteiger charge is 2.40. The van der Waals surface area contributed by atoms with Gasteiger partial charge in [-0.1, -0.05) is 58.0 Å². The smallest absolute Gasteiger partial charge is 0.410 e. The molecule has 10 nitrogen and oxygen atoms in total. The molecule has 3 amide bonds. The zero-order valence-electron chi connectivity index (χ0n) is 24.1. The van der Waals surface area contributed by atoms with Crippen molar-refractivity contribution in [2.24, 2.45) is 11.8 Å². The molecule has 0 aliphatic carbocycles. The van der Waals surface area contributed by atoms with Crippen molar-refractivity contribution in [3.05, 3.63) is 35.9 Å². The van der Waals surface area contributed by atoms with Crippen LogP contribution >= 0.6 is 0 Å². The lowest BCUT2D eigenvalue weighted by Gasteiger charge is -2.28. The van der Waals surface area contributed by atoms with Crippen molar-refractivity contribution in [2.45, 2.75) is 98.1 Å². The maximum Gasteiger partial charge on any atom is 0.410 e. The molecule has 2 unspecified atom stereocenters. The van der Waals surface area contributed by atoms with E-state index in [0.29, 0.717) is 19.4 Å². The highest BCUT2D eigenvalue weighted by atomic mass is 16.6. The fourth-order valence-electron chi connectivity index (χ4n) is 4.23. The van der Waals surface area contributed by atoms with E-state index in [1.165, 1.54) is 4.90 Å². The predicted octanol–water partition coefficient (Wildman–Crippen LogP) is 3.37. The Labute approximate surface area is 231 Å². The zero-order valence-corrected chi connectivity index (χ0v) is 24.1. The minimum atomic E-state index is -1.05. The number of ketones is 1. The molecule has 39 heavy (non-hydrogen) atoms. The third kappa shape index (κ3) is 10.00. The van der Waals surface area contributed by atoms with E-state index in [1.54, 1.807) is 34.6 Å². The summed E-state index contributed by atoms with van der Waals surface area (Å²) in [4.78, 5) is 66.0. The number of carbonyl (C=O) groups is 5. The minimum absolute atomic E-state index is 0.00317. The molecule has 0 radical (unpaired) electrons. The highest BCUT2D eigenvalue weighted by molar-refractivity contribution is 6.38. The number of carbonyl (C=O) groups excluding carboxylic acids is 5. The van der Waals surface area contributed by atoms with Crippen molar-refractivity contribution in [3.8, 4) is 0 Å². The van der Waals surface area contributed by atoms with E-state index in [2.05, 4.69) is 10.6 Å². The number of benzene rings is 1. The van der Waals surface area contributed by atoms with Crippen LogP contribution in [0.1, 0.15) is 73.3 Å². The molecule has 1 aliphatic heterocycles. The number of hydrogen-bond acceptors (Lipinski definition) is 7. The number of esters is 1. The van der Waals surface area contributed by atoms with Gasteiger partial charge < -0.3 is 20.1 Å². The van der Waals surface area contributed by atoms with Crippen LogP contribution in [0.2, 0.25) is 0 Å². The Morgan fingerprint density at radius 3 is 2.21 bits per heavy atom. The molecular formula is C29H43N3O7. The lowest BCUT2D eigenvalue weighted by Crippen LogP contribution is -2.56. The van der Waals surface area contributed by atoms with E-state index in [4.69, 9.17) is 9.47 Å². The second-order valence-corrected chi connectivity index (χ2v) is 11.7. The Balaban J connectivity index is 2.08. The van der Waals surface area contributed by atoms with Crippen LogP contribution in [0, 0.1) is 11.8 Å². The van der Waals surface area contributed by atoms with Crippen molar-refractivity contribution in [1.29, 1.82) is 0 Å². The summed E-state index contributed by atoms with van der Waals surface area (Å²) >= 11 is 0. The zero-order chi connectivity index (χ0) is 29.3. The first kappa shape index (κ1) is 31.8. The SMILES string of the molecule is CC(C)C[C@@H](NC(=O)C(=O)C1CCCN1C(=O)OC(C)(C)C)C(=O)NC(C(=O)OCc1ccccc1)C(C)C. The second kappa shape index (κ2) is 14.1. The monoisotopic (exact) mass is 545 g/mol. The Bertz CT molecular complexity index is 1020. The largest absolute Gasteiger partial charge is 0.459 e. The first-order valence-corrected chi connectivity index (χ1v) is 13.5. The van der Waals surface area contributed by atoms with Gasteiger partial charge in [0.2, 0.25) is 11.7 Å². The number of rotatable bonds is 11. The second-order valence-electron chi connectivity index (χ2n) is 11.7. The molecule has 0 aromatic heterocycles. The third-order valence-corrected chi connectivity index (χ3v) is 6.18. The van der Waals surface area contributed by atoms with Gasteiger partial charge in [-0.3, -0.25) is 19.3 Å². The third-order valence-electron chi connectivity index (χ3n) is 6.18. The average molecular weight is 546 g/mol. The van der Waals surface area contributed by atoms with Gasteiger partial charge in [-0.25, -0.2) is 9.59 Å². The molecule has 2 N–H and O–H groups in total. The Morgan fingerprint density at radius 2 is 1.64 bits per heavy atom. The quantitative estimate of drug-likeness (QED) is 0.322. The van der Waals surface area contributed by atoms with Gasteiger partial charge >= 0.3 is 12.1 Å². The molecule has 1 saturated heterocycles. The van der Waals surface area contributed by atoms with Crippen LogP contribution in [0.5, 0.6) is 0 Å². The van der Waals surface area contributed by atoms with Crippen LogP contribution in [0.4, 0.5) is 4.79 Å². The summed E-state index contributed by atoms with van der Waals surface area (Å²) in [6.45, 7) is 12.8. The van der Waals surface area contributed by atoms with Crippen LogP contribution in [-0.4, -0.2) is 64.8 Å². The number of nitrogens with zero attached hydrogens (tertiary/aromatic N) is 1. The van der Waals surface area contributed by atoms with Gasteiger partial charge in [0.15, 0.2) is 0 Å². The number of hydrogen-bond donors (Lipinski definition) is 2. The topological polar surface area (TPSA) is 131 Å². The van der Waals surface area contributed by atoms with Crippen molar-refractivity contribution in [2.75, 3.05) is 6.54 Å². The molecule has 1 fully saturated rings. The van der Waals surface area contributed by atoms with Gasteiger partial charge in [0.05, 0.1) is 0 Å². The Morgan fingerprint density at radius 1 is 1.00 bits per heavy atom. The Hall–Kier alpha value is -3.43. The summed E-state index contributed by atoms with van der Waals surface area (Å²) in [6, 6.07) is 6.23. The van der Waals surface area contributed by atoms with Crippen molar-refractivity contribution in [1.82, 2.24) is 15.5 Å². The molecule has 1 aromatic carbocycles. The van der Waals surface area contributed by atoms with Crippen LogP contribution < -0.4 is 10.6 Å². The summed E-state index contributed by atoms with van der Waals surface area (Å²) in [7, 11) is 0. The molecule has 10 heteroatoms. The normalized spacial score (nSPS) is 16.9. The number of nitrogens with one attached hydrogen (secondary N) is 2. The van der Waals surface area contributed by atoms with E-state index in [-0.39, 0.29) is 24.9 Å². The van der Waals surface area contributed by atoms with E-state index < -0.39 is 53.4 Å². The van der Waals surface area contributed by atoms with Crippen molar-refractivity contribution < 1.29 is 33.4 Å². The van der Waals surface area contributed by atoms with Crippen molar-refractivity contribution >= 4 is 29.7 Å².